The highest BCUT2D eigenvalue weighted by Gasteiger charge is 2.23. The summed E-state index contributed by atoms with van der Waals surface area (Å²) in [6, 6.07) is 2.79. The molecule has 0 saturated carbocycles. The van der Waals surface area contributed by atoms with Crippen LogP contribution in [0.4, 0.5) is 5.82 Å². The van der Waals surface area contributed by atoms with Gasteiger partial charge in [-0.2, -0.15) is 0 Å². The van der Waals surface area contributed by atoms with E-state index in [1.807, 2.05) is 6.20 Å². The maximum Gasteiger partial charge on any atom is 0.131 e. The van der Waals surface area contributed by atoms with Crippen LogP contribution in [0, 0.1) is 6.92 Å². The molecule has 0 aliphatic carbocycles. The second-order valence-electron chi connectivity index (χ2n) is 7.39. The molecule has 21 heavy (non-hydrogen) atoms. The van der Waals surface area contributed by atoms with Gasteiger partial charge in [0, 0.05) is 44.0 Å². The second kappa shape index (κ2) is 6.32. The van der Waals surface area contributed by atoms with Crippen LogP contribution in [-0.4, -0.2) is 48.1 Å². The number of rotatable bonds is 3. The highest BCUT2D eigenvalue weighted by molar-refractivity contribution is 5.48. The average Bonchev–Trinajstić information content (AvgIpc) is 2.37. The molecule has 1 fully saturated rings. The number of piperazine rings is 1. The fourth-order valence-corrected chi connectivity index (χ4v) is 2.84. The molecule has 1 aliphatic heterocycles. The lowest BCUT2D eigenvalue weighted by Gasteiger charge is -2.39. The number of hydrogen-bond acceptors (Lipinski definition) is 4. The molecule has 0 radical (unpaired) electrons. The third-order valence-corrected chi connectivity index (χ3v) is 4.03. The quantitative estimate of drug-likeness (QED) is 0.926. The third kappa shape index (κ3) is 4.42. The van der Waals surface area contributed by atoms with Gasteiger partial charge in [-0.05, 0) is 58.9 Å². The van der Waals surface area contributed by atoms with Gasteiger partial charge >= 0.3 is 0 Å². The Kier molecular flexibility index (Phi) is 4.89. The molecule has 0 spiro atoms. The van der Waals surface area contributed by atoms with Gasteiger partial charge in [0.1, 0.15) is 5.82 Å². The van der Waals surface area contributed by atoms with Crippen molar-refractivity contribution in [1.82, 2.24) is 15.2 Å². The standard InChI is InChI=1S/C17H30N4/c1-13-9-15(11-19-17(3,4)5)10-18-16(13)21-8-7-20(6)12-14(21)2/h9-10,14,19H,7-8,11-12H2,1-6H3. The molecular formula is C17H30N4. The van der Waals surface area contributed by atoms with Crippen molar-refractivity contribution >= 4 is 5.82 Å². The molecule has 1 aromatic heterocycles. The SMILES string of the molecule is Cc1cc(CNC(C)(C)C)cnc1N1CCN(C)CC1C. The molecule has 2 rings (SSSR count). The van der Waals surface area contributed by atoms with E-state index < -0.39 is 0 Å². The Morgan fingerprint density at radius 1 is 1.33 bits per heavy atom. The Hall–Kier alpha value is -1.13. The van der Waals surface area contributed by atoms with Crippen LogP contribution < -0.4 is 10.2 Å². The van der Waals surface area contributed by atoms with E-state index in [1.54, 1.807) is 0 Å². The Morgan fingerprint density at radius 3 is 2.62 bits per heavy atom. The zero-order valence-corrected chi connectivity index (χ0v) is 14.4. The number of nitrogens with zero attached hydrogens (tertiary/aromatic N) is 3. The second-order valence-corrected chi connectivity index (χ2v) is 7.39. The van der Waals surface area contributed by atoms with Crippen molar-refractivity contribution in [2.45, 2.75) is 52.7 Å². The van der Waals surface area contributed by atoms with E-state index in [-0.39, 0.29) is 5.54 Å². The van der Waals surface area contributed by atoms with Gasteiger partial charge in [-0.3, -0.25) is 0 Å². The third-order valence-electron chi connectivity index (χ3n) is 4.03. The molecule has 0 amide bonds. The maximum atomic E-state index is 4.75. The molecule has 1 unspecified atom stereocenters. The van der Waals surface area contributed by atoms with Crippen LogP contribution in [0.15, 0.2) is 12.3 Å². The fourth-order valence-electron chi connectivity index (χ4n) is 2.84. The smallest absolute Gasteiger partial charge is 0.131 e. The maximum absolute atomic E-state index is 4.75. The summed E-state index contributed by atoms with van der Waals surface area (Å²) in [5.41, 5.74) is 2.67. The summed E-state index contributed by atoms with van der Waals surface area (Å²) in [4.78, 5) is 9.57. The monoisotopic (exact) mass is 290 g/mol. The van der Waals surface area contributed by atoms with E-state index in [1.165, 1.54) is 11.1 Å². The number of aromatic nitrogens is 1. The van der Waals surface area contributed by atoms with Gasteiger partial charge in [-0.1, -0.05) is 0 Å². The van der Waals surface area contributed by atoms with Crippen LogP contribution in [-0.2, 0) is 6.54 Å². The number of pyridine rings is 1. The Labute approximate surface area is 129 Å². The first-order valence-corrected chi connectivity index (χ1v) is 7.92. The van der Waals surface area contributed by atoms with Crippen LogP contribution in [0.3, 0.4) is 0 Å². The molecule has 2 heterocycles. The highest BCUT2D eigenvalue weighted by Crippen LogP contribution is 2.22. The van der Waals surface area contributed by atoms with Gasteiger partial charge in [-0.25, -0.2) is 4.98 Å². The van der Waals surface area contributed by atoms with E-state index >= 15 is 0 Å². The predicted octanol–water partition coefficient (Wildman–Crippen LogP) is 2.42. The van der Waals surface area contributed by atoms with Crippen LogP contribution in [0.5, 0.6) is 0 Å². The molecule has 1 aliphatic rings. The van der Waals surface area contributed by atoms with E-state index in [2.05, 4.69) is 62.8 Å². The Bertz CT molecular complexity index is 478. The number of likely N-dealkylation sites (N-methyl/N-ethyl adjacent to an activating group) is 1. The molecule has 4 nitrogen and oxygen atoms in total. The van der Waals surface area contributed by atoms with E-state index in [4.69, 9.17) is 4.98 Å². The van der Waals surface area contributed by atoms with E-state index in [9.17, 15) is 0 Å². The number of hydrogen-bond donors (Lipinski definition) is 1. The molecule has 0 bridgehead atoms. The van der Waals surface area contributed by atoms with Gasteiger partial charge in [0.25, 0.3) is 0 Å². The first-order chi connectivity index (χ1) is 9.76. The van der Waals surface area contributed by atoms with Crippen molar-refractivity contribution in [3.05, 3.63) is 23.4 Å². The molecule has 1 aromatic rings. The van der Waals surface area contributed by atoms with Crippen molar-refractivity contribution in [2.24, 2.45) is 0 Å². The van der Waals surface area contributed by atoms with Gasteiger partial charge in [0.2, 0.25) is 0 Å². The van der Waals surface area contributed by atoms with Crippen LogP contribution in [0.25, 0.3) is 0 Å². The molecule has 118 valence electrons. The minimum absolute atomic E-state index is 0.137. The van der Waals surface area contributed by atoms with Crippen molar-refractivity contribution in [2.75, 3.05) is 31.6 Å². The van der Waals surface area contributed by atoms with Gasteiger partial charge in [0.15, 0.2) is 0 Å². The van der Waals surface area contributed by atoms with E-state index in [0.29, 0.717) is 6.04 Å². The van der Waals surface area contributed by atoms with Crippen molar-refractivity contribution in [1.29, 1.82) is 0 Å². The molecule has 1 saturated heterocycles. The predicted molar refractivity (Wildman–Crippen MR) is 89.9 cm³/mol. The zero-order chi connectivity index (χ0) is 15.6. The average molecular weight is 290 g/mol. The Balaban J connectivity index is 2.09. The highest BCUT2D eigenvalue weighted by atomic mass is 15.3. The minimum Gasteiger partial charge on any atom is -0.351 e. The van der Waals surface area contributed by atoms with Crippen molar-refractivity contribution in [3.8, 4) is 0 Å². The molecule has 1 atom stereocenters. The van der Waals surface area contributed by atoms with Crippen LogP contribution in [0.2, 0.25) is 0 Å². The minimum atomic E-state index is 0.137. The summed E-state index contributed by atoms with van der Waals surface area (Å²) >= 11 is 0. The van der Waals surface area contributed by atoms with Crippen molar-refractivity contribution in [3.63, 3.8) is 0 Å². The van der Waals surface area contributed by atoms with Gasteiger partial charge in [0.05, 0.1) is 0 Å². The lowest BCUT2D eigenvalue weighted by Crippen LogP contribution is -2.51. The first kappa shape index (κ1) is 16.2. The summed E-state index contributed by atoms with van der Waals surface area (Å²) in [5.74, 6) is 1.15. The zero-order valence-electron chi connectivity index (χ0n) is 14.4. The largest absolute Gasteiger partial charge is 0.351 e. The number of aryl methyl sites for hydroxylation is 1. The topological polar surface area (TPSA) is 31.4 Å². The molecular weight excluding hydrogens is 260 g/mol. The van der Waals surface area contributed by atoms with Gasteiger partial charge in [-0.15, -0.1) is 0 Å². The first-order valence-electron chi connectivity index (χ1n) is 7.92. The summed E-state index contributed by atoms with van der Waals surface area (Å²) in [6.07, 6.45) is 2.02. The van der Waals surface area contributed by atoms with E-state index in [0.717, 1.165) is 32.0 Å². The lowest BCUT2D eigenvalue weighted by atomic mass is 10.1. The van der Waals surface area contributed by atoms with Gasteiger partial charge < -0.3 is 15.1 Å². The summed E-state index contributed by atoms with van der Waals surface area (Å²) in [7, 11) is 2.19. The normalized spacial score (nSPS) is 20.9. The summed E-state index contributed by atoms with van der Waals surface area (Å²) in [6.45, 7) is 15.2. The Morgan fingerprint density at radius 2 is 2.05 bits per heavy atom. The summed E-state index contributed by atoms with van der Waals surface area (Å²) in [5, 5.41) is 3.52. The lowest BCUT2D eigenvalue weighted by molar-refractivity contribution is 0.274. The fraction of sp³-hybridized carbons (Fsp3) is 0.706. The van der Waals surface area contributed by atoms with Crippen LogP contribution >= 0.6 is 0 Å². The number of anilines is 1. The molecule has 0 aromatic carbocycles. The van der Waals surface area contributed by atoms with Crippen molar-refractivity contribution < 1.29 is 0 Å². The molecule has 1 N–H and O–H groups in total. The summed E-state index contributed by atoms with van der Waals surface area (Å²) < 4.78 is 0. The van der Waals surface area contributed by atoms with Crippen LogP contribution in [0.1, 0.15) is 38.8 Å². The number of nitrogens with one attached hydrogen (secondary N) is 1. The molecule has 4 heteroatoms.